The molecule has 0 saturated heterocycles. The first-order valence-electron chi connectivity index (χ1n) is 6.15. The van der Waals surface area contributed by atoms with Crippen LogP contribution in [0.15, 0.2) is 30.4 Å². The van der Waals surface area contributed by atoms with Crippen LogP contribution >= 0.6 is 0 Å². The molecular formula is C14H18N2. The van der Waals surface area contributed by atoms with Gasteiger partial charge in [-0.3, -0.25) is 4.98 Å². The molecule has 3 atom stereocenters. The molecular weight excluding hydrogens is 196 g/mol. The number of aromatic nitrogens is 1. The van der Waals surface area contributed by atoms with Gasteiger partial charge in [-0.1, -0.05) is 18.2 Å². The summed E-state index contributed by atoms with van der Waals surface area (Å²) in [6, 6.07) is 6.91. The van der Waals surface area contributed by atoms with E-state index in [1.54, 1.807) is 0 Å². The molecule has 1 aromatic rings. The molecule has 84 valence electrons. The summed E-state index contributed by atoms with van der Waals surface area (Å²) in [5, 5.41) is 3.62. The fourth-order valence-corrected chi connectivity index (χ4v) is 2.88. The number of nitrogens with zero attached hydrogens (tertiary/aromatic N) is 1. The van der Waals surface area contributed by atoms with Gasteiger partial charge < -0.3 is 5.32 Å². The summed E-state index contributed by atoms with van der Waals surface area (Å²) in [5.74, 6) is 1.73. The largest absolute Gasteiger partial charge is 0.308 e. The molecule has 1 saturated carbocycles. The van der Waals surface area contributed by atoms with Crippen LogP contribution in [-0.4, -0.2) is 11.0 Å². The number of fused-ring (bicyclic) bond motifs is 1. The van der Waals surface area contributed by atoms with Crippen molar-refractivity contribution >= 4 is 0 Å². The minimum Gasteiger partial charge on any atom is -0.308 e. The zero-order valence-electron chi connectivity index (χ0n) is 9.69. The minimum atomic E-state index is 0.686. The van der Waals surface area contributed by atoms with Crippen molar-refractivity contribution in [1.82, 2.24) is 10.3 Å². The quantitative estimate of drug-likeness (QED) is 0.782. The van der Waals surface area contributed by atoms with Crippen molar-refractivity contribution in [2.75, 3.05) is 0 Å². The molecule has 1 aromatic heterocycles. The molecule has 2 heteroatoms. The molecule has 3 unspecified atom stereocenters. The number of aryl methyl sites for hydroxylation is 1. The van der Waals surface area contributed by atoms with Gasteiger partial charge in [-0.2, -0.15) is 0 Å². The normalized spacial score (nSPS) is 31.2. The van der Waals surface area contributed by atoms with Crippen molar-refractivity contribution in [3.8, 4) is 0 Å². The van der Waals surface area contributed by atoms with Crippen LogP contribution in [0.5, 0.6) is 0 Å². The topological polar surface area (TPSA) is 24.9 Å². The Kier molecular flexibility index (Phi) is 2.52. The third-order valence-electron chi connectivity index (χ3n) is 3.85. The predicted octanol–water partition coefficient (Wildman–Crippen LogP) is 2.44. The van der Waals surface area contributed by atoms with Gasteiger partial charge in [0, 0.05) is 18.3 Å². The zero-order valence-corrected chi connectivity index (χ0v) is 9.69. The molecule has 0 amide bonds. The third kappa shape index (κ3) is 1.78. The summed E-state index contributed by atoms with van der Waals surface area (Å²) in [6.07, 6.45) is 7.35. The van der Waals surface area contributed by atoms with Gasteiger partial charge in [0.1, 0.15) is 0 Å². The van der Waals surface area contributed by atoms with E-state index in [0.29, 0.717) is 6.04 Å². The lowest BCUT2D eigenvalue weighted by molar-refractivity contribution is 0.162. The first-order chi connectivity index (χ1) is 7.83. The van der Waals surface area contributed by atoms with Gasteiger partial charge in [-0.05, 0) is 43.7 Å². The van der Waals surface area contributed by atoms with Crippen LogP contribution in [0.2, 0.25) is 0 Å². The summed E-state index contributed by atoms with van der Waals surface area (Å²) in [7, 11) is 0. The Hall–Kier alpha value is -1.15. The van der Waals surface area contributed by atoms with Crippen molar-refractivity contribution in [3.63, 3.8) is 0 Å². The Morgan fingerprint density at radius 3 is 3.19 bits per heavy atom. The Morgan fingerprint density at radius 1 is 1.44 bits per heavy atom. The molecule has 0 radical (unpaired) electrons. The Bertz CT molecular complexity index is 411. The van der Waals surface area contributed by atoms with Gasteiger partial charge >= 0.3 is 0 Å². The lowest BCUT2D eigenvalue weighted by Crippen LogP contribution is -2.47. The van der Waals surface area contributed by atoms with Crippen molar-refractivity contribution in [2.45, 2.75) is 32.4 Å². The van der Waals surface area contributed by atoms with Gasteiger partial charge in [-0.25, -0.2) is 0 Å². The second-order valence-corrected chi connectivity index (χ2v) is 4.99. The fourth-order valence-electron chi connectivity index (χ4n) is 2.88. The summed E-state index contributed by atoms with van der Waals surface area (Å²) >= 11 is 0. The molecule has 0 aliphatic heterocycles. The number of rotatable bonds is 3. The number of pyridine rings is 1. The minimum absolute atomic E-state index is 0.686. The number of nitrogens with one attached hydrogen (secondary N) is 1. The van der Waals surface area contributed by atoms with Crippen molar-refractivity contribution in [2.24, 2.45) is 11.8 Å². The SMILES string of the molecule is Cc1cccc(CNC2CC3CC=CC32)n1. The maximum Gasteiger partial charge on any atom is 0.0544 e. The van der Waals surface area contributed by atoms with Gasteiger partial charge in [0.15, 0.2) is 0 Å². The zero-order chi connectivity index (χ0) is 11.0. The van der Waals surface area contributed by atoms with Gasteiger partial charge in [-0.15, -0.1) is 0 Å². The summed E-state index contributed by atoms with van der Waals surface area (Å²) in [5.41, 5.74) is 2.26. The van der Waals surface area contributed by atoms with Crippen LogP contribution in [0.3, 0.4) is 0 Å². The van der Waals surface area contributed by atoms with E-state index in [1.165, 1.54) is 12.8 Å². The average molecular weight is 214 g/mol. The van der Waals surface area contributed by atoms with Crippen LogP contribution < -0.4 is 5.32 Å². The first kappa shape index (κ1) is 10.0. The molecule has 3 rings (SSSR count). The second kappa shape index (κ2) is 4.02. The average Bonchev–Trinajstić information content (AvgIpc) is 2.61. The van der Waals surface area contributed by atoms with Crippen LogP contribution in [0.4, 0.5) is 0 Å². The second-order valence-electron chi connectivity index (χ2n) is 4.99. The van der Waals surface area contributed by atoms with E-state index in [1.807, 2.05) is 13.0 Å². The van der Waals surface area contributed by atoms with E-state index in [9.17, 15) is 0 Å². The standard InChI is InChI=1S/C14H18N2/c1-10-4-2-6-12(16-10)9-15-14-8-11-5-3-7-13(11)14/h2-4,6-7,11,13-15H,5,8-9H2,1H3. The van der Waals surface area contributed by atoms with E-state index < -0.39 is 0 Å². The Balaban J connectivity index is 1.55. The summed E-state index contributed by atoms with van der Waals surface area (Å²) in [4.78, 5) is 4.51. The third-order valence-corrected chi connectivity index (χ3v) is 3.85. The van der Waals surface area contributed by atoms with Crippen LogP contribution in [0.25, 0.3) is 0 Å². The maximum atomic E-state index is 4.51. The summed E-state index contributed by atoms with van der Waals surface area (Å²) < 4.78 is 0. The number of hydrogen-bond acceptors (Lipinski definition) is 2. The fraction of sp³-hybridized carbons (Fsp3) is 0.500. The molecule has 0 spiro atoms. The highest BCUT2D eigenvalue weighted by Gasteiger charge is 2.40. The molecule has 1 N–H and O–H groups in total. The van der Waals surface area contributed by atoms with Gasteiger partial charge in [0.05, 0.1) is 5.69 Å². The highest BCUT2D eigenvalue weighted by atomic mass is 15.0. The van der Waals surface area contributed by atoms with E-state index in [4.69, 9.17) is 0 Å². The molecule has 1 heterocycles. The van der Waals surface area contributed by atoms with Gasteiger partial charge in [0.2, 0.25) is 0 Å². The lowest BCUT2D eigenvalue weighted by Gasteiger charge is -2.40. The Labute approximate surface area is 96.8 Å². The first-order valence-corrected chi connectivity index (χ1v) is 6.15. The van der Waals surface area contributed by atoms with Crippen molar-refractivity contribution < 1.29 is 0 Å². The number of allylic oxidation sites excluding steroid dienone is 1. The maximum absolute atomic E-state index is 4.51. The molecule has 0 aromatic carbocycles. The van der Waals surface area contributed by atoms with Crippen molar-refractivity contribution in [1.29, 1.82) is 0 Å². The summed E-state index contributed by atoms with van der Waals surface area (Å²) in [6.45, 7) is 2.95. The van der Waals surface area contributed by atoms with Gasteiger partial charge in [0.25, 0.3) is 0 Å². The van der Waals surface area contributed by atoms with E-state index in [0.717, 1.165) is 29.8 Å². The Morgan fingerprint density at radius 2 is 2.38 bits per heavy atom. The molecule has 2 nitrogen and oxygen atoms in total. The molecule has 1 fully saturated rings. The molecule has 2 aliphatic rings. The van der Waals surface area contributed by atoms with E-state index in [2.05, 4.69) is 34.6 Å². The van der Waals surface area contributed by atoms with E-state index in [-0.39, 0.29) is 0 Å². The van der Waals surface area contributed by atoms with E-state index >= 15 is 0 Å². The van der Waals surface area contributed by atoms with Crippen LogP contribution in [0, 0.1) is 18.8 Å². The molecule has 16 heavy (non-hydrogen) atoms. The van der Waals surface area contributed by atoms with Crippen molar-refractivity contribution in [3.05, 3.63) is 41.7 Å². The lowest BCUT2D eigenvalue weighted by atomic mass is 9.71. The molecule has 2 aliphatic carbocycles. The van der Waals surface area contributed by atoms with Crippen LogP contribution in [-0.2, 0) is 6.54 Å². The highest BCUT2D eigenvalue weighted by Crippen LogP contribution is 2.42. The number of hydrogen-bond donors (Lipinski definition) is 1. The smallest absolute Gasteiger partial charge is 0.0544 e. The molecule has 0 bridgehead atoms. The predicted molar refractivity (Wildman–Crippen MR) is 65.0 cm³/mol. The van der Waals surface area contributed by atoms with Crippen LogP contribution in [0.1, 0.15) is 24.2 Å². The highest BCUT2D eigenvalue weighted by molar-refractivity contribution is 5.14. The monoisotopic (exact) mass is 214 g/mol.